The van der Waals surface area contributed by atoms with Gasteiger partial charge in [-0.2, -0.15) is 0 Å². The van der Waals surface area contributed by atoms with Crippen LogP contribution < -0.4 is 26.6 Å². The Morgan fingerprint density at radius 1 is 0.846 bits per heavy atom. The number of aliphatic hydroxyl groups excluding tert-OH is 3. The number of imidazole rings is 1. The van der Waals surface area contributed by atoms with E-state index in [9.17, 15) is 24.9 Å². The summed E-state index contributed by atoms with van der Waals surface area (Å²) in [5.41, 5.74) is 3.57. The molecule has 0 radical (unpaired) electrons. The van der Waals surface area contributed by atoms with Gasteiger partial charge in [0, 0.05) is 38.6 Å². The Morgan fingerprint density at radius 2 is 1.50 bits per heavy atom. The lowest BCUT2D eigenvalue weighted by atomic mass is 9.91. The number of nitrogens with one attached hydrogen (secondary N) is 5. The van der Waals surface area contributed by atoms with Crippen molar-refractivity contribution >= 4 is 28.8 Å². The molecule has 1 aliphatic rings. The van der Waals surface area contributed by atoms with Gasteiger partial charge in [-0.3, -0.25) is 24.8 Å². The zero-order valence-corrected chi connectivity index (χ0v) is 28.6. The fourth-order valence-electron chi connectivity index (χ4n) is 6.05. The Balaban J connectivity index is 1.23. The summed E-state index contributed by atoms with van der Waals surface area (Å²) >= 11 is 0. The van der Waals surface area contributed by atoms with Crippen molar-refractivity contribution in [3.05, 3.63) is 120 Å². The number of aliphatic hydroxyl groups is 3. The van der Waals surface area contributed by atoms with Crippen molar-refractivity contribution in [1.82, 2.24) is 40.8 Å². The Labute approximate surface area is 300 Å². The molecule has 2 amide bonds. The molecule has 8 N–H and O–H groups in total. The fraction of sp³-hybridized carbons (Fsp3) is 0.324. The van der Waals surface area contributed by atoms with Crippen LogP contribution in [0.15, 0.2) is 97.3 Å². The van der Waals surface area contributed by atoms with Crippen LogP contribution in [-0.2, 0) is 16.1 Å². The minimum absolute atomic E-state index is 0.0900. The molecule has 1 saturated heterocycles. The van der Waals surface area contributed by atoms with Crippen molar-refractivity contribution < 1.29 is 29.6 Å². The Bertz CT molecular complexity index is 1880. The third-order valence-electron chi connectivity index (χ3n) is 8.71. The van der Waals surface area contributed by atoms with Gasteiger partial charge in [-0.15, -0.1) is 0 Å². The van der Waals surface area contributed by atoms with E-state index in [2.05, 4.69) is 41.5 Å². The molecule has 15 nitrogen and oxygen atoms in total. The van der Waals surface area contributed by atoms with Gasteiger partial charge in [0.15, 0.2) is 35.7 Å². The van der Waals surface area contributed by atoms with E-state index in [1.165, 1.54) is 10.9 Å². The molecule has 272 valence electrons. The number of anilines is 1. The van der Waals surface area contributed by atoms with E-state index in [1.54, 1.807) is 6.92 Å². The molecule has 1 aliphatic heterocycles. The van der Waals surface area contributed by atoms with E-state index in [4.69, 9.17) is 4.74 Å². The number of carbonyl (C=O) groups is 2. The van der Waals surface area contributed by atoms with Crippen LogP contribution in [0.3, 0.4) is 0 Å². The summed E-state index contributed by atoms with van der Waals surface area (Å²) in [6, 6.07) is 29.6. The molecule has 3 aromatic carbocycles. The van der Waals surface area contributed by atoms with Crippen molar-refractivity contribution in [3.63, 3.8) is 0 Å². The number of amides is 2. The standard InChI is InChI=1S/C37H43N9O6/c1-2-38-34(49)30-28(47)29(48)36(52-30)46-22-43-27-31(41-21-26(24-14-8-4-9-15-24)25-16-10-5-11-17-25)44-32(45-33(27)46)35(50)39-18-19-40-37(51)42-20-23-12-6-3-7-13-23/h3-17,22,26,28-30,36-37,40,42,47-48,51H,2,18-21H2,1H3,(H,38,49)(H,39,50)(H,41,44,45)/t28-,29+,30-,36+,37?/m0/s1. The number of rotatable bonds is 16. The monoisotopic (exact) mass is 709 g/mol. The molecule has 0 aliphatic carbocycles. The van der Waals surface area contributed by atoms with Gasteiger partial charge in [0.05, 0.1) is 6.33 Å². The smallest absolute Gasteiger partial charge is 0.289 e. The van der Waals surface area contributed by atoms with Gasteiger partial charge >= 0.3 is 0 Å². The third-order valence-corrected chi connectivity index (χ3v) is 8.71. The molecule has 0 saturated carbocycles. The van der Waals surface area contributed by atoms with E-state index in [-0.39, 0.29) is 41.8 Å². The van der Waals surface area contributed by atoms with Crippen molar-refractivity contribution in [1.29, 1.82) is 0 Å². The molecule has 6 rings (SSSR count). The molecular weight excluding hydrogens is 666 g/mol. The predicted molar refractivity (Wildman–Crippen MR) is 193 cm³/mol. The van der Waals surface area contributed by atoms with Crippen LogP contribution in [0.25, 0.3) is 11.2 Å². The van der Waals surface area contributed by atoms with E-state index in [0.717, 1.165) is 16.7 Å². The molecule has 5 aromatic rings. The van der Waals surface area contributed by atoms with Crippen molar-refractivity contribution in [3.8, 4) is 0 Å². The van der Waals surface area contributed by atoms with Gasteiger partial charge in [0.1, 0.15) is 12.2 Å². The summed E-state index contributed by atoms with van der Waals surface area (Å²) in [6.45, 7) is 3.25. The van der Waals surface area contributed by atoms with Gasteiger partial charge in [-0.25, -0.2) is 15.0 Å². The first-order valence-electron chi connectivity index (χ1n) is 17.2. The Hall–Kier alpha value is -5.29. The van der Waals surface area contributed by atoms with Crippen LogP contribution in [0, 0.1) is 0 Å². The molecule has 0 spiro atoms. The van der Waals surface area contributed by atoms with E-state index >= 15 is 0 Å². The number of hydrogen-bond donors (Lipinski definition) is 8. The maximum absolute atomic E-state index is 13.5. The molecule has 2 aromatic heterocycles. The van der Waals surface area contributed by atoms with Crippen molar-refractivity contribution in [2.24, 2.45) is 0 Å². The number of nitrogens with zero attached hydrogens (tertiary/aromatic N) is 4. The highest BCUT2D eigenvalue weighted by atomic mass is 16.6. The summed E-state index contributed by atoms with van der Waals surface area (Å²) in [7, 11) is 0. The van der Waals surface area contributed by atoms with E-state index in [1.807, 2.05) is 91.0 Å². The summed E-state index contributed by atoms with van der Waals surface area (Å²) in [6.07, 6.45) is -5.22. The molecule has 5 atom stereocenters. The molecule has 1 unspecified atom stereocenters. The highest BCUT2D eigenvalue weighted by Crippen LogP contribution is 2.33. The highest BCUT2D eigenvalue weighted by molar-refractivity contribution is 5.94. The summed E-state index contributed by atoms with van der Waals surface area (Å²) in [5, 5.41) is 46.6. The SMILES string of the molecule is CCNC(=O)[C@H]1O[C@@H](n2cnc3c(NCC(c4ccccc4)c4ccccc4)nc(C(=O)NCCNC(O)NCc4ccccc4)nc32)[C@H](O)[C@@H]1O. The van der Waals surface area contributed by atoms with Gasteiger partial charge in [-0.05, 0) is 23.6 Å². The number of carbonyl (C=O) groups excluding carboxylic acids is 2. The van der Waals surface area contributed by atoms with Crippen LogP contribution in [0.5, 0.6) is 0 Å². The largest absolute Gasteiger partial charge is 0.387 e. The van der Waals surface area contributed by atoms with Crippen molar-refractivity contribution in [2.75, 3.05) is 31.5 Å². The lowest BCUT2D eigenvalue weighted by molar-refractivity contribution is -0.137. The Kier molecular flexibility index (Phi) is 12.1. The summed E-state index contributed by atoms with van der Waals surface area (Å²) in [5.74, 6) is -1.18. The molecule has 1 fully saturated rings. The third kappa shape index (κ3) is 8.59. The number of ether oxygens (including phenoxy) is 1. The Morgan fingerprint density at radius 3 is 2.15 bits per heavy atom. The average Bonchev–Trinajstić information content (AvgIpc) is 3.73. The minimum atomic E-state index is -1.52. The second kappa shape index (κ2) is 17.3. The predicted octanol–water partition coefficient (Wildman–Crippen LogP) is 1.21. The number of hydrogen-bond acceptors (Lipinski definition) is 12. The second-order valence-corrected chi connectivity index (χ2v) is 12.3. The van der Waals surface area contributed by atoms with Gasteiger partial charge in [0.25, 0.3) is 11.8 Å². The van der Waals surface area contributed by atoms with Gasteiger partial charge in [-0.1, -0.05) is 91.0 Å². The lowest BCUT2D eigenvalue weighted by Crippen LogP contribution is -2.45. The normalized spacial score (nSPS) is 19.1. The van der Waals surface area contributed by atoms with Crippen LogP contribution in [0.1, 0.15) is 46.4 Å². The van der Waals surface area contributed by atoms with Crippen LogP contribution in [0.4, 0.5) is 5.82 Å². The zero-order chi connectivity index (χ0) is 36.5. The first-order chi connectivity index (χ1) is 25.3. The minimum Gasteiger partial charge on any atom is -0.387 e. The first-order valence-corrected chi connectivity index (χ1v) is 17.2. The highest BCUT2D eigenvalue weighted by Gasteiger charge is 2.47. The average molecular weight is 710 g/mol. The summed E-state index contributed by atoms with van der Waals surface area (Å²) in [4.78, 5) is 39.7. The number of aromatic nitrogens is 4. The molecule has 15 heteroatoms. The quantitative estimate of drug-likeness (QED) is 0.0538. The number of likely N-dealkylation sites (N-methyl/N-ethyl adjacent to an activating group) is 1. The lowest BCUT2D eigenvalue weighted by Gasteiger charge is -2.20. The summed E-state index contributed by atoms with van der Waals surface area (Å²) < 4.78 is 7.23. The molecule has 3 heterocycles. The van der Waals surface area contributed by atoms with E-state index in [0.29, 0.717) is 19.6 Å². The van der Waals surface area contributed by atoms with Gasteiger partial charge in [0.2, 0.25) is 5.82 Å². The topological polar surface area (TPSA) is 208 Å². The number of fused-ring (bicyclic) bond motifs is 1. The number of benzene rings is 3. The van der Waals surface area contributed by atoms with Crippen molar-refractivity contribution in [2.45, 2.75) is 50.3 Å². The molecule has 52 heavy (non-hydrogen) atoms. The van der Waals surface area contributed by atoms with Crippen LogP contribution in [0.2, 0.25) is 0 Å². The second-order valence-electron chi connectivity index (χ2n) is 12.3. The molecule has 0 bridgehead atoms. The zero-order valence-electron chi connectivity index (χ0n) is 28.6. The molecular formula is C37H43N9O6. The maximum atomic E-state index is 13.5. The van der Waals surface area contributed by atoms with Crippen LogP contribution >= 0.6 is 0 Å². The maximum Gasteiger partial charge on any atom is 0.289 e. The first kappa shape index (κ1) is 36.5. The fourth-order valence-corrected chi connectivity index (χ4v) is 6.05. The van der Waals surface area contributed by atoms with E-state index < -0.39 is 42.7 Å². The van der Waals surface area contributed by atoms with Gasteiger partial charge < -0.3 is 36.0 Å². The van der Waals surface area contributed by atoms with Crippen LogP contribution in [-0.4, -0.2) is 97.5 Å².